The first-order chi connectivity index (χ1) is 5.33. The quantitative estimate of drug-likeness (QED) is 0.519. The second kappa shape index (κ2) is 6.62. The Balaban J connectivity index is 0.000000461. The number of thioether (sulfide) groups is 1. The predicted molar refractivity (Wildman–Crippen MR) is 57.9 cm³/mol. The summed E-state index contributed by atoms with van der Waals surface area (Å²) in [5.74, 6) is 0. The van der Waals surface area contributed by atoms with Gasteiger partial charge in [-0.2, -0.15) is 12.6 Å². The molecule has 0 heterocycles. The first-order valence-corrected chi connectivity index (χ1v) is 5.50. The molecule has 0 atom stereocenters. The maximum atomic E-state index is 3.53. The third-order valence-electron chi connectivity index (χ3n) is 1.26. The molecule has 0 nitrogen and oxygen atoms in total. The van der Waals surface area contributed by atoms with E-state index in [1.807, 2.05) is 0 Å². The van der Waals surface area contributed by atoms with E-state index in [0.717, 1.165) is 0 Å². The summed E-state index contributed by atoms with van der Waals surface area (Å²) >= 11 is 5.31. The summed E-state index contributed by atoms with van der Waals surface area (Å²) < 4.78 is 0. The van der Waals surface area contributed by atoms with Crippen molar-refractivity contribution in [1.29, 1.82) is 0 Å². The summed E-state index contributed by atoms with van der Waals surface area (Å²) in [6.07, 6.45) is 3.78. The third-order valence-corrected chi connectivity index (χ3v) is 2.00. The third kappa shape index (κ3) is 4.38. The van der Waals surface area contributed by atoms with E-state index in [1.54, 1.807) is 18.0 Å². The van der Waals surface area contributed by atoms with Crippen molar-refractivity contribution < 1.29 is 0 Å². The van der Waals surface area contributed by atoms with Gasteiger partial charge in [0.05, 0.1) is 0 Å². The zero-order chi connectivity index (χ0) is 8.69. The van der Waals surface area contributed by atoms with Crippen LogP contribution in [0, 0.1) is 6.92 Å². The lowest BCUT2D eigenvalue weighted by Crippen LogP contribution is -1.70. The van der Waals surface area contributed by atoms with Gasteiger partial charge < -0.3 is 0 Å². The Morgan fingerprint density at radius 3 is 1.91 bits per heavy atom. The molecule has 0 fully saturated rings. The van der Waals surface area contributed by atoms with Crippen molar-refractivity contribution in [2.45, 2.75) is 11.8 Å². The molecule has 2 heteroatoms. The largest absolute Gasteiger partial charge is 0.183 e. The fraction of sp³-hybridized carbons (Fsp3) is 0.333. The van der Waals surface area contributed by atoms with Crippen LogP contribution in [0.3, 0.4) is 0 Å². The molecule has 0 aromatic heterocycles. The highest BCUT2D eigenvalue weighted by molar-refractivity contribution is 7.98. The maximum absolute atomic E-state index is 3.53. The monoisotopic (exact) mass is 186 g/mol. The fourth-order valence-corrected chi connectivity index (χ4v) is 1.08. The van der Waals surface area contributed by atoms with Gasteiger partial charge in [0.1, 0.15) is 0 Å². The van der Waals surface area contributed by atoms with Gasteiger partial charge >= 0.3 is 0 Å². The summed E-state index contributed by atoms with van der Waals surface area (Å²) in [6.45, 7) is 2.10. The van der Waals surface area contributed by atoms with Gasteiger partial charge in [0.2, 0.25) is 0 Å². The first-order valence-electron chi connectivity index (χ1n) is 3.38. The summed E-state index contributed by atoms with van der Waals surface area (Å²) in [7, 11) is 0. The molecule has 0 N–H and O–H groups in total. The number of hydrogen-bond acceptors (Lipinski definition) is 2. The molecule has 0 spiro atoms. The fourth-order valence-electron chi connectivity index (χ4n) is 0.674. The van der Waals surface area contributed by atoms with E-state index in [-0.39, 0.29) is 0 Å². The Hall–Kier alpha value is -0.0800. The van der Waals surface area contributed by atoms with Crippen LogP contribution in [-0.2, 0) is 0 Å². The van der Waals surface area contributed by atoms with Crippen LogP contribution in [0.2, 0.25) is 0 Å². The minimum absolute atomic E-state index is 1.33. The van der Waals surface area contributed by atoms with Gasteiger partial charge in [-0.25, -0.2) is 0 Å². The standard InChI is InChI=1S/C8H10S.CH4S/c1-7-3-5-8(9-2)6-4-7;1-2/h3-6H,1-2H3;2H,1H3. The van der Waals surface area contributed by atoms with E-state index in [0.29, 0.717) is 0 Å². The van der Waals surface area contributed by atoms with Gasteiger partial charge in [-0.05, 0) is 31.6 Å². The Labute approximate surface area is 78.8 Å². The van der Waals surface area contributed by atoms with Crippen molar-refractivity contribution in [1.82, 2.24) is 0 Å². The molecule has 62 valence electrons. The van der Waals surface area contributed by atoms with Crippen LogP contribution < -0.4 is 0 Å². The van der Waals surface area contributed by atoms with E-state index < -0.39 is 0 Å². The van der Waals surface area contributed by atoms with Crippen LogP contribution >= 0.6 is 24.4 Å². The molecular formula is C9H14S2. The number of aryl methyl sites for hydroxylation is 1. The van der Waals surface area contributed by atoms with Crippen molar-refractivity contribution in [3.05, 3.63) is 29.8 Å². The van der Waals surface area contributed by atoms with Crippen LogP contribution in [-0.4, -0.2) is 12.5 Å². The van der Waals surface area contributed by atoms with Crippen LogP contribution in [0.25, 0.3) is 0 Å². The summed E-state index contributed by atoms with van der Waals surface area (Å²) in [6, 6.07) is 8.54. The van der Waals surface area contributed by atoms with Crippen molar-refractivity contribution in [2.24, 2.45) is 0 Å². The lowest BCUT2D eigenvalue weighted by molar-refractivity contribution is 1.38. The van der Waals surface area contributed by atoms with E-state index in [1.165, 1.54) is 10.5 Å². The molecule has 0 radical (unpaired) electrons. The van der Waals surface area contributed by atoms with Crippen LogP contribution in [0.1, 0.15) is 5.56 Å². The van der Waals surface area contributed by atoms with Crippen molar-refractivity contribution in [2.75, 3.05) is 12.5 Å². The van der Waals surface area contributed by atoms with Crippen LogP contribution in [0.4, 0.5) is 0 Å². The van der Waals surface area contributed by atoms with E-state index in [4.69, 9.17) is 0 Å². The molecule has 0 unspecified atom stereocenters. The van der Waals surface area contributed by atoms with Gasteiger partial charge in [0, 0.05) is 4.90 Å². The smallest absolute Gasteiger partial charge is 0.00693 e. The van der Waals surface area contributed by atoms with Crippen LogP contribution in [0.15, 0.2) is 29.2 Å². The molecule has 11 heavy (non-hydrogen) atoms. The molecule has 0 amide bonds. The first kappa shape index (κ1) is 10.9. The summed E-state index contributed by atoms with van der Waals surface area (Å²) in [5, 5.41) is 0. The number of rotatable bonds is 1. The van der Waals surface area contributed by atoms with E-state index >= 15 is 0 Å². The molecule has 0 aliphatic carbocycles. The Bertz CT molecular complexity index is 179. The Morgan fingerprint density at radius 1 is 1.09 bits per heavy atom. The molecule has 1 aromatic carbocycles. The number of hydrogen-bond donors (Lipinski definition) is 1. The zero-order valence-corrected chi connectivity index (χ0v) is 8.88. The molecule has 0 aliphatic heterocycles. The Morgan fingerprint density at radius 2 is 1.55 bits per heavy atom. The number of thiol groups is 1. The predicted octanol–water partition coefficient (Wildman–Crippen LogP) is 3.26. The SMILES string of the molecule is CS.CSc1ccc(C)cc1. The topological polar surface area (TPSA) is 0 Å². The second-order valence-corrected chi connectivity index (χ2v) is 2.90. The molecule has 1 rings (SSSR count). The molecule has 0 saturated heterocycles. The lowest BCUT2D eigenvalue weighted by Gasteiger charge is -1.93. The summed E-state index contributed by atoms with van der Waals surface area (Å²) in [4.78, 5) is 1.33. The van der Waals surface area contributed by atoms with E-state index in [9.17, 15) is 0 Å². The highest BCUT2D eigenvalue weighted by atomic mass is 32.2. The average molecular weight is 186 g/mol. The van der Waals surface area contributed by atoms with Gasteiger partial charge in [0.15, 0.2) is 0 Å². The molecule has 0 bridgehead atoms. The molecular weight excluding hydrogens is 172 g/mol. The normalized spacial score (nSPS) is 8.36. The summed E-state index contributed by atoms with van der Waals surface area (Å²) in [5.41, 5.74) is 1.33. The zero-order valence-electron chi connectivity index (χ0n) is 7.16. The lowest BCUT2D eigenvalue weighted by atomic mass is 10.2. The Kier molecular flexibility index (Phi) is 6.57. The molecule has 1 aromatic rings. The maximum Gasteiger partial charge on any atom is 0.00693 e. The van der Waals surface area contributed by atoms with Crippen molar-refractivity contribution >= 4 is 24.4 Å². The van der Waals surface area contributed by atoms with Gasteiger partial charge in [-0.3, -0.25) is 0 Å². The van der Waals surface area contributed by atoms with Gasteiger partial charge in [-0.15, -0.1) is 11.8 Å². The minimum Gasteiger partial charge on any atom is -0.183 e. The number of benzene rings is 1. The minimum atomic E-state index is 1.33. The van der Waals surface area contributed by atoms with E-state index in [2.05, 4.69) is 50.1 Å². The molecule has 0 saturated carbocycles. The average Bonchev–Trinajstić information content (AvgIpc) is 2.10. The van der Waals surface area contributed by atoms with Crippen LogP contribution in [0.5, 0.6) is 0 Å². The van der Waals surface area contributed by atoms with Crippen molar-refractivity contribution in [3.8, 4) is 0 Å². The van der Waals surface area contributed by atoms with Crippen molar-refractivity contribution in [3.63, 3.8) is 0 Å². The van der Waals surface area contributed by atoms with Gasteiger partial charge in [0.25, 0.3) is 0 Å². The highest BCUT2D eigenvalue weighted by Crippen LogP contribution is 2.13. The highest BCUT2D eigenvalue weighted by Gasteiger charge is 1.85. The second-order valence-electron chi connectivity index (χ2n) is 2.02. The molecule has 0 aliphatic rings. The van der Waals surface area contributed by atoms with Gasteiger partial charge in [-0.1, -0.05) is 17.7 Å².